The van der Waals surface area contributed by atoms with Crippen molar-refractivity contribution in [2.24, 2.45) is 5.73 Å². The lowest BCUT2D eigenvalue weighted by Gasteiger charge is -2.39. The Hall–Kier alpha value is -0.910. The van der Waals surface area contributed by atoms with Gasteiger partial charge in [-0.2, -0.15) is 0 Å². The summed E-state index contributed by atoms with van der Waals surface area (Å²) in [5.74, 6) is 0.0375. The number of nitrogens with zero attached hydrogens (tertiary/aromatic N) is 2. The fourth-order valence-electron chi connectivity index (χ4n) is 2.78. The third-order valence-electron chi connectivity index (χ3n) is 4.24. The van der Waals surface area contributed by atoms with Crippen molar-refractivity contribution in [3.8, 4) is 0 Å². The number of thiophene rings is 1. The third kappa shape index (κ3) is 3.40. The monoisotopic (exact) mass is 295 g/mol. The second-order valence-corrected chi connectivity index (χ2v) is 6.78. The van der Waals surface area contributed by atoms with Crippen LogP contribution in [0.25, 0.3) is 0 Å². The molecular formula is C15H25N3OS. The molecule has 1 aromatic heterocycles. The van der Waals surface area contributed by atoms with E-state index >= 15 is 0 Å². The Bertz CT molecular complexity index is 424. The number of piperidine rings is 1. The largest absolute Gasteiger partial charge is 0.341 e. The Morgan fingerprint density at radius 3 is 2.60 bits per heavy atom. The van der Waals surface area contributed by atoms with Gasteiger partial charge in [-0.3, -0.25) is 4.79 Å². The predicted molar refractivity (Wildman–Crippen MR) is 83.7 cm³/mol. The minimum Gasteiger partial charge on any atom is -0.341 e. The van der Waals surface area contributed by atoms with Gasteiger partial charge < -0.3 is 15.5 Å². The molecule has 2 rings (SSSR count). The van der Waals surface area contributed by atoms with Gasteiger partial charge in [-0.15, -0.1) is 11.3 Å². The number of hydrogen-bond donors (Lipinski definition) is 1. The zero-order chi connectivity index (χ0) is 14.7. The minimum atomic E-state index is -0.511. The maximum atomic E-state index is 12.5. The summed E-state index contributed by atoms with van der Waals surface area (Å²) in [5.41, 5.74) is 6.07. The van der Waals surface area contributed by atoms with Gasteiger partial charge in [0.15, 0.2) is 0 Å². The van der Waals surface area contributed by atoms with Gasteiger partial charge >= 0.3 is 0 Å². The number of likely N-dealkylation sites (tertiary alicyclic amines) is 1. The third-order valence-corrected chi connectivity index (χ3v) is 5.20. The molecular weight excluding hydrogens is 270 g/mol. The van der Waals surface area contributed by atoms with Crippen LogP contribution in [0, 0.1) is 0 Å². The molecule has 2 heterocycles. The molecule has 1 saturated heterocycles. The van der Waals surface area contributed by atoms with Crippen molar-refractivity contribution in [2.45, 2.75) is 44.8 Å². The smallest absolute Gasteiger partial charge is 0.244 e. The molecule has 1 aliphatic rings. The first-order chi connectivity index (χ1) is 9.50. The first-order valence-corrected chi connectivity index (χ1v) is 8.18. The molecule has 0 aromatic carbocycles. The van der Waals surface area contributed by atoms with Crippen molar-refractivity contribution in [3.63, 3.8) is 0 Å². The van der Waals surface area contributed by atoms with E-state index in [0.29, 0.717) is 12.1 Å². The number of rotatable bonds is 4. The molecule has 0 radical (unpaired) electrons. The maximum absolute atomic E-state index is 12.5. The predicted octanol–water partition coefficient (Wildman–Crippen LogP) is 2.08. The van der Waals surface area contributed by atoms with E-state index in [0.717, 1.165) is 30.8 Å². The van der Waals surface area contributed by atoms with Gasteiger partial charge in [0.2, 0.25) is 5.91 Å². The molecule has 1 atom stereocenters. The Kier molecular flexibility index (Phi) is 5.18. The second kappa shape index (κ2) is 6.70. The fraction of sp³-hybridized carbons (Fsp3) is 0.667. The van der Waals surface area contributed by atoms with Crippen LogP contribution < -0.4 is 5.73 Å². The summed E-state index contributed by atoms with van der Waals surface area (Å²) in [6, 6.07) is 4.27. The van der Waals surface area contributed by atoms with Crippen molar-refractivity contribution in [3.05, 3.63) is 22.4 Å². The maximum Gasteiger partial charge on any atom is 0.244 e. The Morgan fingerprint density at radius 1 is 1.45 bits per heavy atom. The molecule has 20 heavy (non-hydrogen) atoms. The minimum absolute atomic E-state index is 0.0375. The summed E-state index contributed by atoms with van der Waals surface area (Å²) in [6.07, 6.45) is 2.08. The van der Waals surface area contributed by atoms with Crippen molar-refractivity contribution in [1.29, 1.82) is 0 Å². The van der Waals surface area contributed by atoms with E-state index in [2.05, 4.69) is 18.7 Å². The second-order valence-electron chi connectivity index (χ2n) is 5.80. The van der Waals surface area contributed by atoms with E-state index in [-0.39, 0.29) is 5.91 Å². The zero-order valence-electron chi connectivity index (χ0n) is 12.6. The summed E-state index contributed by atoms with van der Waals surface area (Å²) >= 11 is 1.55. The zero-order valence-corrected chi connectivity index (χ0v) is 13.4. The molecule has 1 aliphatic heterocycles. The first-order valence-electron chi connectivity index (χ1n) is 7.30. The van der Waals surface area contributed by atoms with E-state index < -0.39 is 6.04 Å². The van der Waals surface area contributed by atoms with Gasteiger partial charge in [-0.25, -0.2) is 0 Å². The lowest BCUT2D eigenvalue weighted by atomic mass is 10.0. The highest BCUT2D eigenvalue weighted by atomic mass is 32.1. The molecule has 0 spiro atoms. The highest BCUT2D eigenvalue weighted by Gasteiger charge is 2.29. The highest BCUT2D eigenvalue weighted by molar-refractivity contribution is 7.10. The van der Waals surface area contributed by atoms with Crippen LogP contribution in [0.5, 0.6) is 0 Å². The first kappa shape index (κ1) is 15.5. The number of likely N-dealkylation sites (N-methyl/N-ethyl adjacent to an activating group) is 1. The summed E-state index contributed by atoms with van der Waals surface area (Å²) in [4.78, 5) is 17.7. The number of amides is 1. The van der Waals surface area contributed by atoms with Gasteiger partial charge in [0.05, 0.1) is 0 Å². The number of carbonyl (C=O) groups is 1. The van der Waals surface area contributed by atoms with Crippen LogP contribution in [0.15, 0.2) is 17.5 Å². The topological polar surface area (TPSA) is 49.6 Å². The molecule has 112 valence electrons. The molecule has 2 N–H and O–H groups in total. The van der Waals surface area contributed by atoms with Crippen molar-refractivity contribution >= 4 is 17.2 Å². The quantitative estimate of drug-likeness (QED) is 0.925. The van der Waals surface area contributed by atoms with E-state index in [1.54, 1.807) is 11.3 Å². The van der Waals surface area contributed by atoms with Crippen LogP contribution in [0.3, 0.4) is 0 Å². The van der Waals surface area contributed by atoms with Crippen LogP contribution >= 0.6 is 11.3 Å². The molecule has 5 heteroatoms. The molecule has 1 aromatic rings. The van der Waals surface area contributed by atoms with Gasteiger partial charge in [-0.1, -0.05) is 6.07 Å². The van der Waals surface area contributed by atoms with Crippen molar-refractivity contribution < 1.29 is 4.79 Å². The normalized spacial score (nSPS) is 19.2. The van der Waals surface area contributed by atoms with Crippen LogP contribution in [-0.2, 0) is 4.79 Å². The lowest BCUT2D eigenvalue weighted by Crippen LogP contribution is -2.49. The van der Waals surface area contributed by atoms with E-state index in [4.69, 9.17) is 5.73 Å². The lowest BCUT2D eigenvalue weighted by molar-refractivity contribution is -0.134. The standard InChI is InChI=1S/C15H25N3OS/c1-11(2)18-8-6-12(7-9-18)17(3)15(19)14(16)13-5-4-10-20-13/h4-5,10-12,14H,6-9,16H2,1-3H3. The van der Waals surface area contributed by atoms with Crippen LogP contribution in [0.1, 0.15) is 37.6 Å². The number of nitrogens with two attached hydrogens (primary N) is 1. The summed E-state index contributed by atoms with van der Waals surface area (Å²) in [5, 5.41) is 1.96. The Morgan fingerprint density at radius 2 is 2.10 bits per heavy atom. The molecule has 0 bridgehead atoms. The van der Waals surface area contributed by atoms with Crippen LogP contribution in [-0.4, -0.2) is 47.9 Å². The average Bonchev–Trinajstić information content (AvgIpc) is 2.99. The molecule has 0 aliphatic carbocycles. The number of carbonyl (C=O) groups excluding carboxylic acids is 1. The fourth-order valence-corrected chi connectivity index (χ4v) is 3.50. The van der Waals surface area contributed by atoms with E-state index in [9.17, 15) is 4.79 Å². The van der Waals surface area contributed by atoms with Crippen LogP contribution in [0.2, 0.25) is 0 Å². The summed E-state index contributed by atoms with van der Waals surface area (Å²) < 4.78 is 0. The molecule has 1 amide bonds. The van der Waals surface area contributed by atoms with Gasteiger partial charge in [-0.05, 0) is 38.1 Å². The average molecular weight is 295 g/mol. The molecule has 4 nitrogen and oxygen atoms in total. The van der Waals surface area contributed by atoms with E-state index in [1.165, 1.54) is 0 Å². The van der Waals surface area contributed by atoms with Gasteiger partial charge in [0, 0.05) is 37.1 Å². The molecule has 0 saturated carbocycles. The number of hydrogen-bond acceptors (Lipinski definition) is 4. The molecule has 1 fully saturated rings. The van der Waals surface area contributed by atoms with E-state index in [1.807, 2.05) is 29.5 Å². The van der Waals surface area contributed by atoms with Crippen molar-refractivity contribution in [1.82, 2.24) is 9.80 Å². The summed E-state index contributed by atoms with van der Waals surface area (Å²) in [7, 11) is 1.89. The van der Waals surface area contributed by atoms with Gasteiger partial charge in [0.1, 0.15) is 6.04 Å². The van der Waals surface area contributed by atoms with Crippen LogP contribution in [0.4, 0.5) is 0 Å². The molecule has 1 unspecified atom stereocenters. The SMILES string of the molecule is CC(C)N1CCC(N(C)C(=O)C(N)c2cccs2)CC1. The Labute approximate surface area is 125 Å². The Balaban J connectivity index is 1.91. The van der Waals surface area contributed by atoms with Gasteiger partial charge in [0.25, 0.3) is 0 Å². The van der Waals surface area contributed by atoms with Crippen molar-refractivity contribution in [2.75, 3.05) is 20.1 Å². The highest BCUT2D eigenvalue weighted by Crippen LogP contribution is 2.22. The summed E-state index contributed by atoms with van der Waals surface area (Å²) in [6.45, 7) is 6.58.